The van der Waals surface area contributed by atoms with Crippen molar-refractivity contribution < 1.29 is 4.79 Å². The minimum atomic E-state index is -0.516. The molecule has 2 aromatic rings. The molecule has 2 rings (SSSR count). The summed E-state index contributed by atoms with van der Waals surface area (Å²) in [7, 11) is 0. The molecule has 2 heterocycles. The highest BCUT2D eigenvalue weighted by Gasteiger charge is 2.09. The number of hydrogen-bond acceptors (Lipinski definition) is 3. The van der Waals surface area contributed by atoms with Gasteiger partial charge < -0.3 is 5.73 Å². The van der Waals surface area contributed by atoms with Crippen LogP contribution in [0.3, 0.4) is 0 Å². The van der Waals surface area contributed by atoms with Crippen molar-refractivity contribution in [3.05, 3.63) is 29.7 Å². The van der Waals surface area contributed by atoms with Gasteiger partial charge >= 0.3 is 0 Å². The summed E-state index contributed by atoms with van der Waals surface area (Å²) >= 11 is 0. The second-order valence-electron chi connectivity index (χ2n) is 2.96. The lowest BCUT2D eigenvalue weighted by molar-refractivity contribution is 0.0993. The Bertz CT molecular complexity index is 489. The van der Waals surface area contributed by atoms with E-state index in [4.69, 9.17) is 5.73 Å². The molecule has 0 aromatic carbocycles. The summed E-state index contributed by atoms with van der Waals surface area (Å²) in [6.07, 6.45) is 2.25. The third kappa shape index (κ3) is 1.22. The number of hydrogen-bond donors (Lipinski definition) is 1. The van der Waals surface area contributed by atoms with E-state index < -0.39 is 5.91 Å². The van der Waals surface area contributed by atoms with Crippen molar-refractivity contribution in [3.8, 4) is 0 Å². The maximum Gasteiger partial charge on any atom is 0.269 e. The molecule has 0 unspecified atom stereocenters. The van der Waals surface area contributed by atoms with Crippen LogP contribution in [0.1, 0.15) is 23.1 Å². The van der Waals surface area contributed by atoms with Gasteiger partial charge in [-0.3, -0.25) is 4.79 Å². The van der Waals surface area contributed by atoms with Crippen LogP contribution in [0, 0.1) is 0 Å². The Kier molecular flexibility index (Phi) is 1.92. The van der Waals surface area contributed by atoms with Gasteiger partial charge in [-0.25, -0.2) is 9.50 Å². The third-order valence-electron chi connectivity index (χ3n) is 2.03. The average Bonchev–Trinajstić information content (AvgIpc) is 2.59. The zero-order chi connectivity index (χ0) is 10.1. The molecule has 0 aliphatic rings. The van der Waals surface area contributed by atoms with E-state index in [9.17, 15) is 4.79 Å². The fourth-order valence-electron chi connectivity index (χ4n) is 1.27. The summed E-state index contributed by atoms with van der Waals surface area (Å²) in [4.78, 5) is 15.0. The van der Waals surface area contributed by atoms with Gasteiger partial charge in [0.2, 0.25) is 0 Å². The number of imidazole rings is 1. The lowest BCUT2D eigenvalue weighted by atomic mass is 10.3. The summed E-state index contributed by atoms with van der Waals surface area (Å²) in [6, 6.07) is 3.70. The molecule has 0 spiro atoms. The van der Waals surface area contributed by atoms with Crippen LogP contribution in [0.5, 0.6) is 0 Å². The number of carbonyl (C=O) groups excluding carboxylic acids is 1. The molecule has 0 saturated heterocycles. The molecule has 0 bridgehead atoms. The van der Waals surface area contributed by atoms with Gasteiger partial charge in [0.1, 0.15) is 5.69 Å². The van der Waals surface area contributed by atoms with Crippen molar-refractivity contribution in [1.82, 2.24) is 14.6 Å². The quantitative estimate of drug-likeness (QED) is 0.744. The second-order valence-corrected chi connectivity index (χ2v) is 2.96. The zero-order valence-electron chi connectivity index (χ0n) is 7.77. The smallest absolute Gasteiger partial charge is 0.269 e. The summed E-state index contributed by atoms with van der Waals surface area (Å²) in [6.45, 7) is 2.00. The molecule has 0 fully saturated rings. The van der Waals surface area contributed by atoms with Crippen LogP contribution in [0.25, 0.3) is 5.65 Å². The van der Waals surface area contributed by atoms with E-state index in [2.05, 4.69) is 10.1 Å². The van der Waals surface area contributed by atoms with Crippen molar-refractivity contribution in [3.63, 3.8) is 0 Å². The van der Waals surface area contributed by atoms with E-state index in [-0.39, 0.29) is 0 Å². The maximum atomic E-state index is 11.0. The Morgan fingerprint density at radius 3 is 3.00 bits per heavy atom. The fourth-order valence-corrected chi connectivity index (χ4v) is 1.27. The van der Waals surface area contributed by atoms with E-state index in [1.807, 2.05) is 19.1 Å². The molecule has 2 N–H and O–H groups in total. The highest BCUT2D eigenvalue weighted by Crippen LogP contribution is 2.05. The van der Waals surface area contributed by atoms with Gasteiger partial charge in [-0.1, -0.05) is 6.92 Å². The van der Waals surface area contributed by atoms with Crippen molar-refractivity contribution >= 4 is 11.6 Å². The average molecular weight is 190 g/mol. The first-order valence-corrected chi connectivity index (χ1v) is 4.36. The van der Waals surface area contributed by atoms with Gasteiger partial charge in [-0.15, -0.1) is 0 Å². The van der Waals surface area contributed by atoms with Crippen LogP contribution >= 0.6 is 0 Å². The Morgan fingerprint density at radius 2 is 2.36 bits per heavy atom. The Morgan fingerprint density at radius 1 is 1.57 bits per heavy atom. The molecule has 0 aliphatic heterocycles. The topological polar surface area (TPSA) is 73.3 Å². The number of aryl methyl sites for hydroxylation is 1. The third-order valence-corrected chi connectivity index (χ3v) is 2.03. The zero-order valence-corrected chi connectivity index (χ0v) is 7.77. The summed E-state index contributed by atoms with van der Waals surface area (Å²) in [5, 5.41) is 4.23. The minimum Gasteiger partial charge on any atom is -0.364 e. The van der Waals surface area contributed by atoms with Gasteiger partial charge in [0.25, 0.3) is 5.91 Å². The number of aromatic nitrogens is 3. The normalized spacial score (nSPS) is 10.6. The second kappa shape index (κ2) is 3.10. The van der Waals surface area contributed by atoms with Crippen molar-refractivity contribution in [1.29, 1.82) is 0 Å². The van der Waals surface area contributed by atoms with Crippen LogP contribution < -0.4 is 5.73 Å². The van der Waals surface area contributed by atoms with E-state index in [1.54, 1.807) is 0 Å². The Labute approximate surface area is 80.6 Å². The maximum absolute atomic E-state index is 11.0. The first kappa shape index (κ1) is 8.68. The van der Waals surface area contributed by atoms with Gasteiger partial charge in [0.05, 0.1) is 11.9 Å². The minimum absolute atomic E-state index is 0.315. The number of nitrogens with zero attached hydrogens (tertiary/aromatic N) is 3. The molecular weight excluding hydrogens is 180 g/mol. The van der Waals surface area contributed by atoms with Crippen LogP contribution in [-0.2, 0) is 6.42 Å². The van der Waals surface area contributed by atoms with Crippen LogP contribution in [-0.4, -0.2) is 20.5 Å². The van der Waals surface area contributed by atoms with Crippen LogP contribution in [0.4, 0.5) is 0 Å². The van der Waals surface area contributed by atoms with Gasteiger partial charge in [0, 0.05) is 0 Å². The van der Waals surface area contributed by atoms with E-state index >= 15 is 0 Å². The predicted molar refractivity (Wildman–Crippen MR) is 50.9 cm³/mol. The standard InChI is InChI=1S/C9H10N4O/c1-2-6-3-4-8-11-5-7(9(10)14)13(8)12-6/h3-5H,2H2,1H3,(H2,10,14). The molecule has 2 aromatic heterocycles. The Hall–Kier alpha value is -1.91. The molecule has 0 saturated carbocycles. The largest absolute Gasteiger partial charge is 0.364 e. The highest BCUT2D eigenvalue weighted by atomic mass is 16.1. The molecular formula is C9H10N4O. The highest BCUT2D eigenvalue weighted by molar-refractivity contribution is 5.91. The molecule has 5 heteroatoms. The number of rotatable bonds is 2. The molecule has 0 aliphatic carbocycles. The van der Waals surface area contributed by atoms with Crippen molar-refractivity contribution in [2.24, 2.45) is 5.73 Å². The lowest BCUT2D eigenvalue weighted by Crippen LogP contribution is -2.15. The number of amides is 1. The SMILES string of the molecule is CCc1ccc2ncc(C(N)=O)n2n1. The van der Waals surface area contributed by atoms with E-state index in [0.717, 1.165) is 12.1 Å². The van der Waals surface area contributed by atoms with E-state index in [1.165, 1.54) is 10.7 Å². The molecule has 72 valence electrons. The van der Waals surface area contributed by atoms with E-state index in [0.29, 0.717) is 11.3 Å². The molecule has 0 atom stereocenters. The van der Waals surface area contributed by atoms with Gasteiger partial charge in [-0.2, -0.15) is 5.10 Å². The first-order valence-electron chi connectivity index (χ1n) is 4.36. The van der Waals surface area contributed by atoms with Crippen molar-refractivity contribution in [2.45, 2.75) is 13.3 Å². The van der Waals surface area contributed by atoms with Crippen molar-refractivity contribution in [2.75, 3.05) is 0 Å². The molecule has 5 nitrogen and oxygen atoms in total. The number of fused-ring (bicyclic) bond motifs is 1. The van der Waals surface area contributed by atoms with Crippen LogP contribution in [0.2, 0.25) is 0 Å². The summed E-state index contributed by atoms with van der Waals surface area (Å²) in [5.41, 5.74) is 7.03. The van der Waals surface area contributed by atoms with Gasteiger partial charge in [0.15, 0.2) is 5.65 Å². The predicted octanol–water partition coefficient (Wildman–Crippen LogP) is 0.391. The monoisotopic (exact) mass is 190 g/mol. The molecule has 14 heavy (non-hydrogen) atoms. The number of primary amides is 1. The molecule has 1 amide bonds. The first-order chi connectivity index (χ1) is 6.72. The number of nitrogens with two attached hydrogens (primary N) is 1. The Balaban J connectivity index is 2.69. The summed E-state index contributed by atoms with van der Waals surface area (Å²) < 4.78 is 1.47. The van der Waals surface area contributed by atoms with Gasteiger partial charge in [-0.05, 0) is 18.6 Å². The molecule has 0 radical (unpaired) electrons. The lowest BCUT2D eigenvalue weighted by Gasteiger charge is -1.98. The summed E-state index contributed by atoms with van der Waals surface area (Å²) in [5.74, 6) is -0.516. The van der Waals surface area contributed by atoms with Crippen LogP contribution in [0.15, 0.2) is 18.3 Å². The fraction of sp³-hybridized carbons (Fsp3) is 0.222. The number of carbonyl (C=O) groups is 1.